The minimum Gasteiger partial charge on any atom is -0.461 e. The molecule has 1 aliphatic carbocycles. The molecule has 0 bridgehead atoms. The first-order valence-electron chi connectivity index (χ1n) is 18.4. The molecule has 3 unspecified atom stereocenters. The highest BCUT2D eigenvalue weighted by Gasteiger charge is 2.36. The second-order valence-electron chi connectivity index (χ2n) is 14.4. The van der Waals surface area contributed by atoms with Crippen molar-refractivity contribution in [3.63, 3.8) is 0 Å². The summed E-state index contributed by atoms with van der Waals surface area (Å²) in [4.78, 5) is 48.6. The summed E-state index contributed by atoms with van der Waals surface area (Å²) in [5.41, 5.74) is 1.55. The number of aromatic amines is 1. The lowest BCUT2D eigenvalue weighted by atomic mass is 9.83. The number of fused-ring (bicyclic) bond motifs is 1. The Hall–Kier alpha value is -3.80. The molecule has 5 rings (SSSR count). The first-order chi connectivity index (χ1) is 24.2. The van der Waals surface area contributed by atoms with Crippen LogP contribution in [0.15, 0.2) is 55.0 Å². The van der Waals surface area contributed by atoms with E-state index in [1.807, 2.05) is 42.5 Å². The van der Waals surface area contributed by atoms with Crippen molar-refractivity contribution in [3.8, 4) is 0 Å². The molecule has 5 atom stereocenters. The fourth-order valence-corrected chi connectivity index (χ4v) is 7.51. The fourth-order valence-electron chi connectivity index (χ4n) is 7.51. The zero-order valence-corrected chi connectivity index (χ0v) is 29.4. The lowest BCUT2D eigenvalue weighted by Gasteiger charge is -2.32. The first-order valence-corrected chi connectivity index (χ1v) is 18.4. The number of ether oxygens (including phenoxy) is 2. The minimum absolute atomic E-state index is 0.0161. The minimum atomic E-state index is -1.56. The molecule has 5 N–H and O–H groups in total. The van der Waals surface area contributed by atoms with Gasteiger partial charge in [0.25, 0.3) is 0 Å². The molecule has 50 heavy (non-hydrogen) atoms. The predicted molar refractivity (Wildman–Crippen MR) is 190 cm³/mol. The number of nitrogens with zero attached hydrogens (tertiary/aromatic N) is 1. The average molecular weight is 691 g/mol. The molecule has 11 heteroatoms. The number of aliphatic hydroxyl groups is 2. The van der Waals surface area contributed by atoms with Gasteiger partial charge in [0.05, 0.1) is 30.3 Å². The summed E-state index contributed by atoms with van der Waals surface area (Å²) in [6.07, 6.45) is 8.21. The van der Waals surface area contributed by atoms with Gasteiger partial charge in [-0.25, -0.2) is 9.78 Å². The van der Waals surface area contributed by atoms with Crippen LogP contribution in [0, 0.1) is 17.8 Å². The third-order valence-corrected chi connectivity index (χ3v) is 10.3. The molecule has 1 saturated heterocycles. The number of aromatic nitrogens is 2. The molecule has 1 saturated carbocycles. The number of rotatable bonds is 16. The maximum atomic E-state index is 14.3. The molecule has 11 nitrogen and oxygen atoms in total. The zero-order valence-electron chi connectivity index (χ0n) is 29.4. The summed E-state index contributed by atoms with van der Waals surface area (Å²) in [6.45, 7) is 4.57. The third kappa shape index (κ3) is 10.6. The number of amides is 2. The monoisotopic (exact) mass is 690 g/mol. The highest BCUT2D eigenvalue weighted by atomic mass is 16.6. The molecule has 1 aromatic heterocycles. The van der Waals surface area contributed by atoms with Crippen LogP contribution in [-0.4, -0.2) is 81.6 Å². The van der Waals surface area contributed by atoms with Crippen molar-refractivity contribution < 1.29 is 34.1 Å². The van der Waals surface area contributed by atoms with Gasteiger partial charge in [0.2, 0.25) is 11.8 Å². The molecule has 2 aliphatic rings. The van der Waals surface area contributed by atoms with Crippen molar-refractivity contribution in [2.75, 3.05) is 13.2 Å². The van der Waals surface area contributed by atoms with E-state index < -0.39 is 48.2 Å². The van der Waals surface area contributed by atoms with Crippen LogP contribution < -0.4 is 10.6 Å². The number of benzene rings is 2. The third-order valence-electron chi connectivity index (χ3n) is 10.3. The van der Waals surface area contributed by atoms with Crippen LogP contribution in [-0.2, 0) is 36.7 Å². The van der Waals surface area contributed by atoms with Gasteiger partial charge in [-0.2, -0.15) is 0 Å². The standard InChI is InChI=1S/C39H54N4O7/c1-25(2)50-39(48)36(45)33(19-26-9-4-3-5-10-26)42-38(47)34(22-31-23-40-24-41-31)43-37(46)30(21-35(44)28-15-17-49-18-16-28)20-29-13-8-12-27-11-6-7-14-32(27)29/h6-8,11-14,23-26,28,30,33-36,44-45H,3-5,9-10,15-22H2,1-2H3,(H,40,41)(H,42,47)(H,43,46)/t30?,33-,34-,35?,36?/m0/s1. The van der Waals surface area contributed by atoms with Gasteiger partial charge in [-0.1, -0.05) is 74.6 Å². The lowest BCUT2D eigenvalue weighted by Crippen LogP contribution is -2.56. The highest BCUT2D eigenvalue weighted by molar-refractivity contribution is 5.90. The first kappa shape index (κ1) is 37.5. The normalized spacial score (nSPS) is 19.0. The maximum Gasteiger partial charge on any atom is 0.337 e. The van der Waals surface area contributed by atoms with E-state index in [9.17, 15) is 24.6 Å². The zero-order chi connectivity index (χ0) is 35.5. The second kappa shape index (κ2) is 18.4. The number of hydrogen-bond donors (Lipinski definition) is 5. The Morgan fingerprint density at radius 1 is 0.940 bits per heavy atom. The van der Waals surface area contributed by atoms with Gasteiger partial charge in [-0.15, -0.1) is 0 Å². The Balaban J connectivity index is 1.39. The topological polar surface area (TPSA) is 163 Å². The van der Waals surface area contributed by atoms with E-state index in [-0.39, 0.29) is 30.6 Å². The summed E-state index contributed by atoms with van der Waals surface area (Å²) < 4.78 is 10.8. The largest absolute Gasteiger partial charge is 0.461 e. The predicted octanol–water partition coefficient (Wildman–Crippen LogP) is 4.39. The van der Waals surface area contributed by atoms with Crippen LogP contribution in [0.25, 0.3) is 10.8 Å². The van der Waals surface area contributed by atoms with Gasteiger partial charge < -0.3 is 35.3 Å². The van der Waals surface area contributed by atoms with Crippen molar-refractivity contribution in [3.05, 3.63) is 66.2 Å². The maximum absolute atomic E-state index is 14.3. The molecule has 1 aliphatic heterocycles. The summed E-state index contributed by atoms with van der Waals surface area (Å²) in [5, 5.41) is 30.6. The molecule has 0 spiro atoms. The van der Waals surface area contributed by atoms with Gasteiger partial charge in [0.15, 0.2) is 6.10 Å². The highest BCUT2D eigenvalue weighted by Crippen LogP contribution is 2.30. The Labute approximate surface area is 294 Å². The number of esters is 1. The Morgan fingerprint density at radius 2 is 1.68 bits per heavy atom. The van der Waals surface area contributed by atoms with Crippen molar-refractivity contribution in [2.45, 2.75) is 115 Å². The Morgan fingerprint density at radius 3 is 2.40 bits per heavy atom. The van der Waals surface area contributed by atoms with Crippen molar-refractivity contribution in [2.24, 2.45) is 17.8 Å². The summed E-state index contributed by atoms with van der Waals surface area (Å²) in [5.74, 6) is -2.05. The van der Waals surface area contributed by atoms with Crippen molar-refractivity contribution >= 4 is 28.6 Å². The number of carbonyl (C=O) groups excluding carboxylic acids is 3. The van der Waals surface area contributed by atoms with Gasteiger partial charge in [-0.3, -0.25) is 9.59 Å². The average Bonchev–Trinajstić information content (AvgIpc) is 3.64. The van der Waals surface area contributed by atoms with E-state index >= 15 is 0 Å². The van der Waals surface area contributed by atoms with E-state index in [0.29, 0.717) is 31.7 Å². The smallest absolute Gasteiger partial charge is 0.337 e. The van der Waals surface area contributed by atoms with Crippen LogP contribution >= 0.6 is 0 Å². The fraction of sp³-hybridized carbons (Fsp3) is 0.590. The van der Waals surface area contributed by atoms with Gasteiger partial charge in [-0.05, 0) is 74.1 Å². The molecule has 2 amide bonds. The van der Waals surface area contributed by atoms with Gasteiger partial charge in [0.1, 0.15) is 6.04 Å². The van der Waals surface area contributed by atoms with E-state index in [1.54, 1.807) is 20.0 Å². The molecular formula is C39H54N4O7. The molecule has 2 heterocycles. The number of carbonyl (C=O) groups is 3. The van der Waals surface area contributed by atoms with Gasteiger partial charge >= 0.3 is 5.97 Å². The molecule has 3 aromatic rings. The summed E-state index contributed by atoms with van der Waals surface area (Å²) in [6, 6.07) is 12.1. The molecule has 2 aromatic carbocycles. The van der Waals surface area contributed by atoms with Gasteiger partial charge in [0, 0.05) is 31.7 Å². The van der Waals surface area contributed by atoms with E-state index in [2.05, 4.69) is 20.6 Å². The van der Waals surface area contributed by atoms with E-state index in [0.717, 1.165) is 61.3 Å². The van der Waals surface area contributed by atoms with E-state index in [4.69, 9.17) is 9.47 Å². The molecule has 2 fully saturated rings. The summed E-state index contributed by atoms with van der Waals surface area (Å²) >= 11 is 0. The van der Waals surface area contributed by atoms with Crippen LogP contribution in [0.3, 0.4) is 0 Å². The van der Waals surface area contributed by atoms with Crippen LogP contribution in [0.2, 0.25) is 0 Å². The number of aliphatic hydroxyl groups excluding tert-OH is 2. The summed E-state index contributed by atoms with van der Waals surface area (Å²) in [7, 11) is 0. The lowest BCUT2D eigenvalue weighted by molar-refractivity contribution is -0.159. The van der Waals surface area contributed by atoms with Crippen molar-refractivity contribution in [1.29, 1.82) is 0 Å². The molecular weight excluding hydrogens is 636 g/mol. The number of hydrogen-bond acceptors (Lipinski definition) is 8. The molecule has 0 radical (unpaired) electrons. The Bertz CT molecular complexity index is 1510. The van der Waals surface area contributed by atoms with Crippen LogP contribution in [0.4, 0.5) is 0 Å². The van der Waals surface area contributed by atoms with E-state index in [1.165, 1.54) is 6.33 Å². The van der Waals surface area contributed by atoms with Crippen molar-refractivity contribution in [1.82, 2.24) is 20.6 Å². The van der Waals surface area contributed by atoms with Crippen LogP contribution in [0.5, 0.6) is 0 Å². The molecule has 272 valence electrons. The Kier molecular flexibility index (Phi) is 13.8. The number of H-pyrrole nitrogens is 1. The quantitative estimate of drug-likeness (QED) is 0.138. The second-order valence-corrected chi connectivity index (χ2v) is 14.4. The SMILES string of the molecule is CC(C)OC(=O)C(O)[C@H](CC1CCCCC1)NC(=O)[C@H](Cc1c[nH]cn1)NC(=O)C(Cc1cccc2ccccc12)CC(O)C1CCOCC1. The number of imidazole rings is 1. The number of nitrogens with one attached hydrogen (secondary N) is 3. The van der Waals surface area contributed by atoms with Crippen LogP contribution in [0.1, 0.15) is 82.9 Å².